The van der Waals surface area contributed by atoms with Gasteiger partial charge in [-0.2, -0.15) is 0 Å². The van der Waals surface area contributed by atoms with Gasteiger partial charge in [0.2, 0.25) is 5.91 Å². The second kappa shape index (κ2) is 6.29. The number of methoxy groups -OCH3 is 1. The van der Waals surface area contributed by atoms with Gasteiger partial charge in [0.15, 0.2) is 7.05 Å². The SMILES string of the molecule is COc1ccccc1NC(=O)CSc1c(=O)o[nH][n+]1C. The van der Waals surface area contributed by atoms with Crippen LogP contribution in [0.4, 0.5) is 5.69 Å². The highest BCUT2D eigenvalue weighted by molar-refractivity contribution is 7.99. The summed E-state index contributed by atoms with van der Waals surface area (Å²) in [5.41, 5.74) is 0.0914. The van der Waals surface area contributed by atoms with Crippen LogP contribution in [-0.4, -0.2) is 24.0 Å². The van der Waals surface area contributed by atoms with Gasteiger partial charge in [0.1, 0.15) is 5.75 Å². The van der Waals surface area contributed by atoms with E-state index >= 15 is 0 Å². The van der Waals surface area contributed by atoms with E-state index in [1.165, 1.54) is 11.8 Å². The van der Waals surface area contributed by atoms with Crippen molar-refractivity contribution in [1.29, 1.82) is 0 Å². The summed E-state index contributed by atoms with van der Waals surface area (Å²) in [5, 5.41) is 5.44. The summed E-state index contributed by atoms with van der Waals surface area (Å²) in [6.07, 6.45) is 0. The topological polar surface area (TPSA) is 88.2 Å². The van der Waals surface area contributed by atoms with Gasteiger partial charge >= 0.3 is 10.7 Å². The number of benzene rings is 1. The quantitative estimate of drug-likeness (QED) is 0.621. The van der Waals surface area contributed by atoms with Crippen LogP contribution in [0.5, 0.6) is 5.75 Å². The predicted octanol–water partition coefficient (Wildman–Crippen LogP) is 0.532. The molecule has 0 saturated heterocycles. The van der Waals surface area contributed by atoms with Gasteiger partial charge in [0.25, 0.3) is 0 Å². The van der Waals surface area contributed by atoms with Gasteiger partial charge in [-0.15, -0.1) is 0 Å². The molecule has 0 spiro atoms. The monoisotopic (exact) mass is 296 g/mol. The highest BCUT2D eigenvalue weighted by Gasteiger charge is 2.19. The summed E-state index contributed by atoms with van der Waals surface area (Å²) < 4.78 is 11.2. The summed E-state index contributed by atoms with van der Waals surface area (Å²) >= 11 is 1.09. The van der Waals surface area contributed by atoms with E-state index in [0.717, 1.165) is 11.8 Å². The number of anilines is 1. The number of hydrogen-bond acceptors (Lipinski definition) is 5. The minimum atomic E-state index is -0.498. The fraction of sp³-hybridized carbons (Fsp3) is 0.250. The Bertz CT molecular complexity index is 665. The first-order chi connectivity index (χ1) is 9.61. The molecule has 1 heterocycles. The normalized spacial score (nSPS) is 10.3. The van der Waals surface area contributed by atoms with E-state index in [9.17, 15) is 9.59 Å². The molecule has 0 aliphatic rings. The van der Waals surface area contributed by atoms with Crippen molar-refractivity contribution in [3.8, 4) is 5.75 Å². The van der Waals surface area contributed by atoms with Gasteiger partial charge in [-0.25, -0.2) is 4.79 Å². The molecule has 7 nitrogen and oxygen atoms in total. The van der Waals surface area contributed by atoms with Crippen LogP contribution in [0.1, 0.15) is 0 Å². The number of aromatic nitrogens is 2. The van der Waals surface area contributed by atoms with Crippen molar-refractivity contribution in [3.63, 3.8) is 0 Å². The second-order valence-corrected chi connectivity index (χ2v) is 4.85. The average molecular weight is 296 g/mol. The van der Waals surface area contributed by atoms with Gasteiger partial charge < -0.3 is 10.1 Å². The summed E-state index contributed by atoms with van der Waals surface area (Å²) in [5.74, 6) is 0.437. The van der Waals surface area contributed by atoms with Crippen molar-refractivity contribution < 1.29 is 18.7 Å². The molecule has 8 heteroatoms. The molecule has 0 unspecified atom stereocenters. The van der Waals surface area contributed by atoms with Crippen molar-refractivity contribution in [1.82, 2.24) is 5.27 Å². The van der Waals surface area contributed by atoms with E-state index in [2.05, 4.69) is 15.1 Å². The maximum Gasteiger partial charge on any atom is 0.441 e. The van der Waals surface area contributed by atoms with Gasteiger partial charge in [-0.3, -0.25) is 9.32 Å². The number of aromatic amines is 1. The van der Waals surface area contributed by atoms with Crippen molar-refractivity contribution in [3.05, 3.63) is 34.7 Å². The molecular formula is C12H14N3O4S+. The van der Waals surface area contributed by atoms with E-state index in [1.54, 1.807) is 25.2 Å². The number of thioether (sulfide) groups is 1. The van der Waals surface area contributed by atoms with Crippen molar-refractivity contribution >= 4 is 23.4 Å². The Labute approximate surface area is 118 Å². The highest BCUT2D eigenvalue weighted by Crippen LogP contribution is 2.23. The maximum atomic E-state index is 11.9. The van der Waals surface area contributed by atoms with E-state index in [0.29, 0.717) is 16.5 Å². The maximum absolute atomic E-state index is 11.9. The van der Waals surface area contributed by atoms with Gasteiger partial charge in [-0.05, 0) is 29.2 Å². The fourth-order valence-electron chi connectivity index (χ4n) is 1.56. The zero-order chi connectivity index (χ0) is 14.5. The first kappa shape index (κ1) is 14.2. The van der Waals surface area contributed by atoms with Crippen LogP contribution in [0.15, 0.2) is 38.6 Å². The molecule has 2 N–H and O–H groups in total. The van der Waals surface area contributed by atoms with Gasteiger partial charge in [-0.1, -0.05) is 16.8 Å². The molecule has 0 aliphatic carbocycles. The molecule has 2 rings (SSSR count). The third kappa shape index (κ3) is 3.21. The molecule has 0 bridgehead atoms. The Balaban J connectivity index is 1.98. The van der Waals surface area contributed by atoms with Crippen molar-refractivity contribution in [2.24, 2.45) is 7.05 Å². The van der Waals surface area contributed by atoms with E-state index in [-0.39, 0.29) is 11.7 Å². The van der Waals surface area contributed by atoms with Crippen LogP contribution in [-0.2, 0) is 11.8 Å². The molecular weight excluding hydrogens is 282 g/mol. The number of H-pyrrole nitrogens is 1. The first-order valence-electron chi connectivity index (χ1n) is 5.75. The summed E-state index contributed by atoms with van der Waals surface area (Å²) in [6.45, 7) is 0. The number of ether oxygens (including phenoxy) is 1. The zero-order valence-electron chi connectivity index (χ0n) is 11.0. The van der Waals surface area contributed by atoms with E-state index in [1.807, 2.05) is 6.07 Å². The lowest BCUT2D eigenvalue weighted by Crippen LogP contribution is -2.34. The van der Waals surface area contributed by atoms with Crippen LogP contribution in [0.25, 0.3) is 0 Å². The minimum Gasteiger partial charge on any atom is -0.495 e. The van der Waals surface area contributed by atoms with E-state index < -0.39 is 5.63 Å². The summed E-state index contributed by atoms with van der Waals surface area (Å²) in [4.78, 5) is 23.2. The molecule has 20 heavy (non-hydrogen) atoms. The lowest BCUT2D eigenvalue weighted by molar-refractivity contribution is -0.772. The van der Waals surface area contributed by atoms with E-state index in [4.69, 9.17) is 4.74 Å². The van der Waals surface area contributed by atoms with Crippen LogP contribution < -0.4 is 20.4 Å². The Kier molecular flexibility index (Phi) is 4.46. The predicted molar refractivity (Wildman–Crippen MR) is 72.9 cm³/mol. The van der Waals surface area contributed by atoms with Crippen molar-refractivity contribution in [2.45, 2.75) is 5.03 Å². The lowest BCUT2D eigenvalue weighted by Gasteiger charge is -2.08. The number of nitrogens with zero attached hydrogens (tertiary/aromatic N) is 1. The summed E-state index contributed by atoms with van der Waals surface area (Å²) in [7, 11) is 3.16. The molecule has 1 amide bonds. The van der Waals surface area contributed by atoms with Crippen LogP contribution >= 0.6 is 11.8 Å². The molecule has 0 saturated carbocycles. The second-order valence-electron chi connectivity index (χ2n) is 3.88. The Morgan fingerprint density at radius 3 is 2.90 bits per heavy atom. The fourth-order valence-corrected chi connectivity index (χ4v) is 2.29. The summed E-state index contributed by atoms with van der Waals surface area (Å²) in [6, 6.07) is 7.11. The Morgan fingerprint density at radius 2 is 2.25 bits per heavy atom. The number of carbonyl (C=O) groups is 1. The molecule has 0 aliphatic heterocycles. The lowest BCUT2D eigenvalue weighted by atomic mass is 10.3. The molecule has 0 atom stereocenters. The Hall–Kier alpha value is -2.22. The third-order valence-corrected chi connectivity index (χ3v) is 3.60. The van der Waals surface area contributed by atoms with Crippen molar-refractivity contribution in [2.75, 3.05) is 18.2 Å². The molecule has 0 radical (unpaired) electrons. The number of carbonyl (C=O) groups excluding carboxylic acids is 1. The molecule has 0 fully saturated rings. The number of amides is 1. The third-order valence-electron chi connectivity index (χ3n) is 2.48. The number of hydrogen-bond donors (Lipinski definition) is 2. The number of rotatable bonds is 5. The minimum absolute atomic E-state index is 0.0918. The number of para-hydroxylation sites is 2. The smallest absolute Gasteiger partial charge is 0.441 e. The molecule has 1 aromatic carbocycles. The van der Waals surface area contributed by atoms with Gasteiger partial charge in [0, 0.05) is 0 Å². The molecule has 106 valence electrons. The zero-order valence-corrected chi connectivity index (χ0v) is 11.8. The van der Waals surface area contributed by atoms with Gasteiger partial charge in [0.05, 0.1) is 18.6 Å². The van der Waals surface area contributed by atoms with Crippen LogP contribution in [0.2, 0.25) is 0 Å². The number of aryl methyl sites for hydroxylation is 1. The Morgan fingerprint density at radius 1 is 1.50 bits per heavy atom. The standard InChI is InChI=1S/C12H13N3O4S/c1-15-11(12(17)19-14-15)20-7-10(16)13-8-5-3-4-6-9(8)18-2/h3-6H,7H2,1-2H3,(H-,13,14,16,17)/p+1. The molecule has 2 aromatic rings. The largest absolute Gasteiger partial charge is 0.495 e. The highest BCUT2D eigenvalue weighted by atomic mass is 32.2. The number of nitrogens with one attached hydrogen (secondary N) is 2. The van der Waals surface area contributed by atoms with Crippen LogP contribution in [0, 0.1) is 0 Å². The molecule has 1 aromatic heterocycles. The van der Waals surface area contributed by atoms with Crippen LogP contribution in [0.3, 0.4) is 0 Å². The first-order valence-corrected chi connectivity index (χ1v) is 6.73. The average Bonchev–Trinajstić information content (AvgIpc) is 2.76.